The van der Waals surface area contributed by atoms with E-state index in [9.17, 15) is 9.18 Å². The van der Waals surface area contributed by atoms with E-state index in [1.54, 1.807) is 29.1 Å². The van der Waals surface area contributed by atoms with Gasteiger partial charge in [-0.05, 0) is 55.3 Å². The van der Waals surface area contributed by atoms with Crippen molar-refractivity contribution in [1.82, 2.24) is 19.6 Å². The number of aromatic nitrogens is 4. The Balaban J connectivity index is 1.46. The largest absolute Gasteiger partial charge is 0.304 e. The Hall–Kier alpha value is -3.45. The highest BCUT2D eigenvalue weighted by atomic mass is 35.5. The lowest BCUT2D eigenvalue weighted by molar-refractivity contribution is 0.102. The molecule has 0 radical (unpaired) electrons. The van der Waals surface area contributed by atoms with Crippen LogP contribution in [0, 0.1) is 19.7 Å². The molecule has 0 aliphatic carbocycles. The number of nitrogens with one attached hydrogen (secondary N) is 1. The minimum absolute atomic E-state index is 0.276. The second kappa shape index (κ2) is 8.73. The van der Waals surface area contributed by atoms with E-state index in [0.717, 1.165) is 22.5 Å². The lowest BCUT2D eigenvalue weighted by atomic mass is 10.1. The van der Waals surface area contributed by atoms with E-state index in [1.807, 2.05) is 42.8 Å². The average molecular weight is 438 g/mol. The van der Waals surface area contributed by atoms with E-state index < -0.39 is 0 Å². The fraction of sp³-hybridized carbons (Fsp3) is 0.174. The van der Waals surface area contributed by atoms with Crippen molar-refractivity contribution in [3.05, 3.63) is 99.7 Å². The quantitative estimate of drug-likeness (QED) is 0.469. The highest BCUT2D eigenvalue weighted by Gasteiger charge is 2.13. The fourth-order valence-corrected chi connectivity index (χ4v) is 3.54. The van der Waals surface area contributed by atoms with Gasteiger partial charge in [-0.25, -0.2) is 4.39 Å². The summed E-state index contributed by atoms with van der Waals surface area (Å²) in [5, 5.41) is 11.9. The average Bonchev–Trinajstić information content (AvgIpc) is 3.24. The summed E-state index contributed by atoms with van der Waals surface area (Å²) >= 11 is 6.26. The Kier molecular flexibility index (Phi) is 5.86. The molecule has 4 aromatic rings. The lowest BCUT2D eigenvalue weighted by Crippen LogP contribution is -2.14. The summed E-state index contributed by atoms with van der Waals surface area (Å²) < 4.78 is 16.6. The lowest BCUT2D eigenvalue weighted by Gasteiger charge is -2.08. The predicted molar refractivity (Wildman–Crippen MR) is 118 cm³/mol. The minimum atomic E-state index is -0.302. The first-order chi connectivity index (χ1) is 14.9. The third-order valence-corrected chi connectivity index (χ3v) is 5.11. The smallest absolute Gasteiger partial charge is 0.256 e. The van der Waals surface area contributed by atoms with Crippen molar-refractivity contribution in [2.24, 2.45) is 0 Å². The van der Waals surface area contributed by atoms with Crippen LogP contribution in [0.4, 0.5) is 10.2 Å². The Morgan fingerprint density at radius 2 is 1.81 bits per heavy atom. The Morgan fingerprint density at radius 1 is 1.03 bits per heavy atom. The molecule has 0 aliphatic heterocycles. The van der Waals surface area contributed by atoms with E-state index in [2.05, 4.69) is 15.5 Å². The van der Waals surface area contributed by atoms with Crippen molar-refractivity contribution in [1.29, 1.82) is 0 Å². The number of hydrogen-bond donors (Lipinski definition) is 1. The number of rotatable bonds is 6. The maximum atomic E-state index is 13.1. The molecule has 1 N–H and O–H groups in total. The van der Waals surface area contributed by atoms with Crippen LogP contribution in [0.25, 0.3) is 0 Å². The SMILES string of the molecule is Cc1cc(C)n(Cc2cccc(C(=O)Nc3nn(Cc4ccc(F)cc4)cc3Cl)c2)n1. The maximum absolute atomic E-state index is 13.1. The summed E-state index contributed by atoms with van der Waals surface area (Å²) in [7, 11) is 0. The molecule has 1 amide bonds. The molecule has 0 fully saturated rings. The number of carbonyl (C=O) groups is 1. The van der Waals surface area contributed by atoms with Gasteiger partial charge in [-0.15, -0.1) is 0 Å². The van der Waals surface area contributed by atoms with Gasteiger partial charge in [-0.2, -0.15) is 10.2 Å². The zero-order chi connectivity index (χ0) is 22.0. The summed E-state index contributed by atoms with van der Waals surface area (Å²) in [6.07, 6.45) is 1.62. The van der Waals surface area contributed by atoms with Crippen LogP contribution < -0.4 is 5.32 Å². The van der Waals surface area contributed by atoms with Gasteiger partial charge >= 0.3 is 0 Å². The minimum Gasteiger partial charge on any atom is -0.304 e. The first-order valence-corrected chi connectivity index (χ1v) is 10.1. The summed E-state index contributed by atoms with van der Waals surface area (Å²) in [5.74, 6) is -0.322. The number of halogens is 2. The van der Waals surface area contributed by atoms with Crippen molar-refractivity contribution < 1.29 is 9.18 Å². The molecular weight excluding hydrogens is 417 g/mol. The second-order valence-electron chi connectivity index (χ2n) is 7.39. The van der Waals surface area contributed by atoms with Gasteiger partial charge in [-0.1, -0.05) is 35.9 Å². The molecule has 2 heterocycles. The molecule has 8 heteroatoms. The molecular formula is C23H21ClFN5O. The highest BCUT2D eigenvalue weighted by molar-refractivity contribution is 6.33. The molecule has 0 aliphatic rings. The van der Waals surface area contributed by atoms with Crippen LogP contribution in [-0.2, 0) is 13.1 Å². The van der Waals surface area contributed by atoms with Gasteiger partial charge in [0.2, 0.25) is 0 Å². The monoisotopic (exact) mass is 437 g/mol. The van der Waals surface area contributed by atoms with Gasteiger partial charge in [-0.3, -0.25) is 14.2 Å². The van der Waals surface area contributed by atoms with Gasteiger partial charge < -0.3 is 5.32 Å². The number of nitrogens with zero attached hydrogens (tertiary/aromatic N) is 4. The Labute approximate surface area is 184 Å². The van der Waals surface area contributed by atoms with Gasteiger partial charge in [0.15, 0.2) is 5.82 Å². The number of carbonyl (C=O) groups excluding carboxylic acids is 1. The standard InChI is InChI=1S/C23H21ClFN5O/c1-15-10-16(2)30(27-15)13-18-4-3-5-19(11-18)23(31)26-22-21(24)14-29(28-22)12-17-6-8-20(25)9-7-17/h3-11,14H,12-13H2,1-2H3,(H,26,28,31). The van der Waals surface area contributed by atoms with E-state index >= 15 is 0 Å². The van der Waals surface area contributed by atoms with Crippen LogP contribution in [0.2, 0.25) is 5.02 Å². The van der Waals surface area contributed by atoms with Crippen molar-refractivity contribution in [3.8, 4) is 0 Å². The van der Waals surface area contributed by atoms with Gasteiger partial charge in [0.05, 0.1) is 18.8 Å². The van der Waals surface area contributed by atoms with Crippen molar-refractivity contribution in [2.75, 3.05) is 5.32 Å². The van der Waals surface area contributed by atoms with Crippen LogP contribution in [0.1, 0.15) is 32.9 Å². The molecule has 6 nitrogen and oxygen atoms in total. The van der Waals surface area contributed by atoms with Crippen LogP contribution in [0.15, 0.2) is 60.8 Å². The number of amides is 1. The molecule has 2 aromatic heterocycles. The number of aryl methyl sites for hydroxylation is 2. The van der Waals surface area contributed by atoms with Crippen LogP contribution in [0.3, 0.4) is 0 Å². The molecule has 0 spiro atoms. The molecule has 158 valence electrons. The van der Waals surface area contributed by atoms with Gasteiger partial charge in [0, 0.05) is 17.5 Å². The van der Waals surface area contributed by atoms with Crippen molar-refractivity contribution >= 4 is 23.3 Å². The van der Waals surface area contributed by atoms with E-state index in [1.165, 1.54) is 12.1 Å². The van der Waals surface area contributed by atoms with Crippen molar-refractivity contribution in [2.45, 2.75) is 26.9 Å². The molecule has 31 heavy (non-hydrogen) atoms. The van der Waals surface area contributed by atoms with Crippen molar-refractivity contribution in [3.63, 3.8) is 0 Å². The van der Waals surface area contributed by atoms with E-state index in [0.29, 0.717) is 23.7 Å². The van der Waals surface area contributed by atoms with Crippen LogP contribution >= 0.6 is 11.6 Å². The summed E-state index contributed by atoms with van der Waals surface area (Å²) in [4.78, 5) is 12.8. The molecule has 2 aromatic carbocycles. The van der Waals surface area contributed by atoms with Gasteiger partial charge in [0.25, 0.3) is 5.91 Å². The van der Waals surface area contributed by atoms with E-state index in [4.69, 9.17) is 11.6 Å². The third kappa shape index (κ3) is 5.00. The zero-order valence-corrected chi connectivity index (χ0v) is 17.9. The third-order valence-electron chi connectivity index (χ3n) is 4.83. The van der Waals surface area contributed by atoms with E-state index in [-0.39, 0.29) is 17.5 Å². The molecule has 0 atom stereocenters. The zero-order valence-electron chi connectivity index (χ0n) is 17.1. The first kappa shape index (κ1) is 20.8. The van der Waals surface area contributed by atoms with Gasteiger partial charge in [0.1, 0.15) is 10.8 Å². The Morgan fingerprint density at radius 3 is 2.52 bits per heavy atom. The molecule has 0 saturated heterocycles. The summed E-state index contributed by atoms with van der Waals surface area (Å²) in [6, 6.07) is 15.5. The number of hydrogen-bond acceptors (Lipinski definition) is 3. The Bertz CT molecular complexity index is 1230. The number of anilines is 1. The van der Waals surface area contributed by atoms with Crippen LogP contribution in [0.5, 0.6) is 0 Å². The molecule has 0 saturated carbocycles. The maximum Gasteiger partial charge on any atom is 0.256 e. The van der Waals surface area contributed by atoms with Crippen LogP contribution in [-0.4, -0.2) is 25.5 Å². The number of benzene rings is 2. The molecule has 0 bridgehead atoms. The normalized spacial score (nSPS) is 11.0. The molecule has 0 unspecified atom stereocenters. The highest BCUT2D eigenvalue weighted by Crippen LogP contribution is 2.21. The predicted octanol–water partition coefficient (Wildman–Crippen LogP) is 4.84. The first-order valence-electron chi connectivity index (χ1n) is 9.76. The summed E-state index contributed by atoms with van der Waals surface area (Å²) in [6.45, 7) is 4.94. The molecule has 4 rings (SSSR count). The topological polar surface area (TPSA) is 64.7 Å². The second-order valence-corrected chi connectivity index (χ2v) is 7.80. The fourth-order valence-electron chi connectivity index (χ4n) is 3.34. The summed E-state index contributed by atoms with van der Waals surface area (Å²) in [5.41, 5.74) is 4.35.